The zero-order chi connectivity index (χ0) is 23.9. The van der Waals surface area contributed by atoms with Gasteiger partial charge in [-0.15, -0.1) is 11.3 Å². The van der Waals surface area contributed by atoms with Gasteiger partial charge in [0.15, 0.2) is 5.69 Å². The Bertz CT molecular complexity index is 1320. The van der Waals surface area contributed by atoms with Crippen LogP contribution in [-0.4, -0.2) is 58.6 Å². The summed E-state index contributed by atoms with van der Waals surface area (Å²) in [4.78, 5) is 46.6. The van der Waals surface area contributed by atoms with Crippen LogP contribution in [0.15, 0.2) is 27.8 Å². The van der Waals surface area contributed by atoms with Crippen molar-refractivity contribution in [3.05, 3.63) is 55.3 Å². The molecule has 1 fully saturated rings. The molecule has 13 heteroatoms. The molecule has 0 aliphatic carbocycles. The molecule has 0 saturated carbocycles. The molecule has 0 bridgehead atoms. The number of aromatic amines is 1. The van der Waals surface area contributed by atoms with Crippen LogP contribution in [0.2, 0.25) is 0 Å². The molecule has 3 aromatic rings. The van der Waals surface area contributed by atoms with Crippen molar-refractivity contribution >= 4 is 33.1 Å². The van der Waals surface area contributed by atoms with E-state index in [1.54, 1.807) is 11.0 Å². The van der Waals surface area contributed by atoms with Crippen molar-refractivity contribution in [3.8, 4) is 0 Å². The van der Waals surface area contributed by atoms with E-state index < -0.39 is 23.5 Å². The molecule has 0 spiro atoms. The topological polar surface area (TPSA) is 103 Å². The SMILES string of the molecule is CNC(=O)c1ccc(N2CCN(Cc3cc4[nH]c(=O)n(C)c(=O)c4s3)CC2)c(C(F)(F)F)n1. The first kappa shape index (κ1) is 23.0. The number of halogens is 3. The average molecular weight is 482 g/mol. The van der Waals surface area contributed by atoms with Gasteiger partial charge in [-0.3, -0.25) is 19.1 Å². The minimum atomic E-state index is -4.70. The molecule has 33 heavy (non-hydrogen) atoms. The van der Waals surface area contributed by atoms with Gasteiger partial charge in [-0.05, 0) is 18.2 Å². The summed E-state index contributed by atoms with van der Waals surface area (Å²) in [5.74, 6) is -0.684. The van der Waals surface area contributed by atoms with Crippen LogP contribution in [0, 0.1) is 0 Å². The predicted molar refractivity (Wildman–Crippen MR) is 118 cm³/mol. The highest BCUT2D eigenvalue weighted by molar-refractivity contribution is 7.18. The lowest BCUT2D eigenvalue weighted by molar-refractivity contribution is -0.140. The highest BCUT2D eigenvalue weighted by Gasteiger charge is 2.38. The van der Waals surface area contributed by atoms with Gasteiger partial charge < -0.3 is 15.2 Å². The van der Waals surface area contributed by atoms with Crippen LogP contribution >= 0.6 is 11.3 Å². The minimum Gasteiger partial charge on any atom is -0.367 e. The summed E-state index contributed by atoms with van der Waals surface area (Å²) in [7, 11) is 2.74. The Morgan fingerprint density at radius 3 is 2.55 bits per heavy atom. The molecule has 0 aromatic carbocycles. The van der Waals surface area contributed by atoms with Crippen molar-refractivity contribution in [1.82, 2.24) is 24.8 Å². The van der Waals surface area contributed by atoms with Gasteiger partial charge in [0.05, 0.1) is 11.2 Å². The monoisotopic (exact) mass is 482 g/mol. The number of piperazine rings is 1. The summed E-state index contributed by atoms with van der Waals surface area (Å²) in [6.07, 6.45) is -4.70. The lowest BCUT2D eigenvalue weighted by atomic mass is 10.2. The van der Waals surface area contributed by atoms with Crippen molar-refractivity contribution in [2.45, 2.75) is 12.7 Å². The third-order valence-electron chi connectivity index (χ3n) is 5.52. The van der Waals surface area contributed by atoms with E-state index in [0.29, 0.717) is 42.9 Å². The Morgan fingerprint density at radius 2 is 1.91 bits per heavy atom. The first-order valence-corrected chi connectivity index (χ1v) is 10.9. The average Bonchev–Trinajstić information content (AvgIpc) is 3.18. The fourth-order valence-corrected chi connectivity index (χ4v) is 4.88. The number of nitrogens with one attached hydrogen (secondary N) is 2. The van der Waals surface area contributed by atoms with Gasteiger partial charge in [0, 0.05) is 51.7 Å². The number of hydrogen-bond donors (Lipinski definition) is 2. The number of pyridine rings is 1. The largest absolute Gasteiger partial charge is 0.435 e. The zero-order valence-corrected chi connectivity index (χ0v) is 18.6. The molecule has 3 aromatic heterocycles. The van der Waals surface area contributed by atoms with E-state index >= 15 is 0 Å². The van der Waals surface area contributed by atoms with Crippen LogP contribution in [0.25, 0.3) is 10.2 Å². The number of amides is 1. The van der Waals surface area contributed by atoms with Crippen LogP contribution in [0.5, 0.6) is 0 Å². The summed E-state index contributed by atoms with van der Waals surface area (Å²) < 4.78 is 42.3. The summed E-state index contributed by atoms with van der Waals surface area (Å²) >= 11 is 1.29. The number of alkyl halides is 3. The molecule has 4 heterocycles. The van der Waals surface area contributed by atoms with Gasteiger partial charge in [-0.1, -0.05) is 0 Å². The number of nitrogens with zero attached hydrogens (tertiary/aromatic N) is 4. The van der Waals surface area contributed by atoms with Crippen LogP contribution in [0.4, 0.5) is 18.9 Å². The standard InChI is InChI=1S/C20H21F3N6O3S/c1-24-17(30)12-3-4-14(16(25-12)20(21,22)23)29-7-5-28(6-8-29)10-11-9-13-15(33-11)18(31)27(2)19(32)26-13/h3-4,9H,5-8,10H2,1-2H3,(H,24,30)(H,26,32). The second-order valence-corrected chi connectivity index (χ2v) is 8.79. The van der Waals surface area contributed by atoms with E-state index in [1.807, 2.05) is 0 Å². The first-order valence-electron chi connectivity index (χ1n) is 10.1. The third-order valence-corrected chi connectivity index (χ3v) is 6.63. The molecule has 1 saturated heterocycles. The number of thiophene rings is 1. The van der Waals surface area contributed by atoms with Gasteiger partial charge in [0.25, 0.3) is 11.5 Å². The predicted octanol–water partition coefficient (Wildman–Crippen LogP) is 1.38. The smallest absolute Gasteiger partial charge is 0.367 e. The van der Waals surface area contributed by atoms with Crippen LogP contribution in [0.3, 0.4) is 0 Å². The van der Waals surface area contributed by atoms with Crippen molar-refractivity contribution in [3.63, 3.8) is 0 Å². The molecule has 176 valence electrons. The van der Waals surface area contributed by atoms with Gasteiger partial charge in [0.1, 0.15) is 10.4 Å². The molecule has 4 rings (SSSR count). The van der Waals surface area contributed by atoms with Crippen molar-refractivity contribution in [2.75, 3.05) is 38.1 Å². The Labute approximate surface area is 189 Å². The molecule has 1 aliphatic rings. The Kier molecular flexibility index (Phi) is 6.01. The lowest BCUT2D eigenvalue weighted by Gasteiger charge is -2.36. The van der Waals surface area contributed by atoms with Crippen LogP contribution < -0.4 is 21.5 Å². The fraction of sp³-hybridized carbons (Fsp3) is 0.400. The summed E-state index contributed by atoms with van der Waals surface area (Å²) in [6.45, 7) is 2.19. The maximum atomic E-state index is 13.6. The summed E-state index contributed by atoms with van der Waals surface area (Å²) in [5, 5.41) is 2.28. The Hall–Kier alpha value is -3.19. The van der Waals surface area contributed by atoms with Crippen molar-refractivity contribution in [1.29, 1.82) is 0 Å². The number of carbonyl (C=O) groups excluding carboxylic acids is 1. The normalized spacial score (nSPS) is 15.2. The number of carbonyl (C=O) groups is 1. The number of hydrogen-bond acceptors (Lipinski definition) is 7. The molecule has 0 unspecified atom stereocenters. The number of rotatable bonds is 4. The molecule has 2 N–H and O–H groups in total. The van der Waals surface area contributed by atoms with E-state index in [0.717, 1.165) is 9.44 Å². The van der Waals surface area contributed by atoms with Gasteiger partial charge in [-0.2, -0.15) is 13.2 Å². The maximum Gasteiger partial charge on any atom is 0.435 e. The highest BCUT2D eigenvalue weighted by atomic mass is 32.1. The fourth-order valence-electron chi connectivity index (χ4n) is 3.75. The number of H-pyrrole nitrogens is 1. The summed E-state index contributed by atoms with van der Waals surface area (Å²) in [6, 6.07) is 4.33. The van der Waals surface area contributed by atoms with E-state index in [2.05, 4.69) is 20.2 Å². The molecular weight excluding hydrogens is 461 g/mol. The number of aromatic nitrogens is 3. The second-order valence-electron chi connectivity index (χ2n) is 7.65. The van der Waals surface area contributed by atoms with Gasteiger partial charge in [-0.25, -0.2) is 9.78 Å². The molecule has 1 amide bonds. The van der Waals surface area contributed by atoms with Gasteiger partial charge in [0.2, 0.25) is 0 Å². The zero-order valence-electron chi connectivity index (χ0n) is 17.8. The molecular formula is C20H21F3N6O3S. The number of anilines is 1. The second kappa shape index (κ2) is 8.63. The number of fused-ring (bicyclic) bond motifs is 1. The van der Waals surface area contributed by atoms with Gasteiger partial charge >= 0.3 is 11.9 Å². The van der Waals surface area contributed by atoms with E-state index in [1.165, 1.54) is 37.6 Å². The van der Waals surface area contributed by atoms with E-state index in [9.17, 15) is 27.6 Å². The quantitative estimate of drug-likeness (QED) is 0.583. The highest BCUT2D eigenvalue weighted by Crippen LogP contribution is 2.36. The molecule has 0 radical (unpaired) electrons. The molecule has 9 nitrogen and oxygen atoms in total. The van der Waals surface area contributed by atoms with E-state index in [-0.39, 0.29) is 16.9 Å². The first-order chi connectivity index (χ1) is 15.6. The lowest BCUT2D eigenvalue weighted by Crippen LogP contribution is -2.46. The molecule has 0 atom stereocenters. The third kappa shape index (κ3) is 4.50. The minimum absolute atomic E-state index is 0.0577. The van der Waals surface area contributed by atoms with Crippen molar-refractivity contribution < 1.29 is 18.0 Å². The van der Waals surface area contributed by atoms with Crippen molar-refractivity contribution in [2.24, 2.45) is 7.05 Å². The van der Waals surface area contributed by atoms with Crippen LogP contribution in [0.1, 0.15) is 21.1 Å². The summed E-state index contributed by atoms with van der Waals surface area (Å²) in [5.41, 5.74) is -1.79. The Balaban J connectivity index is 1.50. The Morgan fingerprint density at radius 1 is 1.21 bits per heavy atom. The maximum absolute atomic E-state index is 13.6. The molecule has 1 aliphatic heterocycles. The van der Waals surface area contributed by atoms with Crippen LogP contribution in [-0.2, 0) is 19.8 Å². The van der Waals surface area contributed by atoms with E-state index in [4.69, 9.17) is 0 Å².